The summed E-state index contributed by atoms with van der Waals surface area (Å²) in [6.45, 7) is 3.85. The quantitative estimate of drug-likeness (QED) is 0.650. The van der Waals surface area contributed by atoms with Gasteiger partial charge in [0.15, 0.2) is 11.5 Å². The van der Waals surface area contributed by atoms with Crippen molar-refractivity contribution >= 4 is 39.1 Å². The molecule has 4 nitrogen and oxygen atoms in total. The Kier molecular flexibility index (Phi) is 7.29. The first-order valence-corrected chi connectivity index (χ1v) is 10.4. The van der Waals surface area contributed by atoms with Crippen LogP contribution in [0.4, 0.5) is 0 Å². The second-order valence-electron chi connectivity index (χ2n) is 6.44. The van der Waals surface area contributed by atoms with E-state index in [-0.39, 0.29) is 6.04 Å². The van der Waals surface area contributed by atoms with Crippen molar-refractivity contribution in [2.24, 2.45) is 0 Å². The van der Waals surface area contributed by atoms with Crippen LogP contribution in [0.2, 0.25) is 10.0 Å². The van der Waals surface area contributed by atoms with Crippen LogP contribution < -0.4 is 14.8 Å². The van der Waals surface area contributed by atoms with Crippen molar-refractivity contribution in [3.8, 4) is 11.5 Å². The van der Waals surface area contributed by atoms with Gasteiger partial charge in [0.2, 0.25) is 0 Å². The minimum absolute atomic E-state index is 0.0242. The van der Waals surface area contributed by atoms with Gasteiger partial charge < -0.3 is 14.8 Å². The number of hydrogen-bond donors (Lipinski definition) is 1. The third kappa shape index (κ3) is 4.72. The van der Waals surface area contributed by atoms with Crippen molar-refractivity contribution in [1.82, 2.24) is 10.2 Å². The van der Waals surface area contributed by atoms with Crippen LogP contribution in [-0.2, 0) is 0 Å². The molecule has 1 atom stereocenters. The van der Waals surface area contributed by atoms with E-state index in [0.717, 1.165) is 48.2 Å². The van der Waals surface area contributed by atoms with Crippen molar-refractivity contribution < 1.29 is 9.47 Å². The van der Waals surface area contributed by atoms with Crippen molar-refractivity contribution in [3.05, 3.63) is 56.0 Å². The largest absolute Gasteiger partial charge is 0.493 e. The molecule has 1 saturated heterocycles. The molecule has 1 aliphatic heterocycles. The van der Waals surface area contributed by atoms with Crippen LogP contribution in [0, 0.1) is 0 Å². The highest BCUT2D eigenvalue weighted by Crippen LogP contribution is 2.42. The summed E-state index contributed by atoms with van der Waals surface area (Å²) < 4.78 is 11.9. The molecule has 1 unspecified atom stereocenters. The van der Waals surface area contributed by atoms with E-state index in [1.54, 1.807) is 20.3 Å². The summed E-state index contributed by atoms with van der Waals surface area (Å²) in [7, 11) is 3.29. The van der Waals surface area contributed by atoms with Crippen LogP contribution in [0.5, 0.6) is 11.5 Å². The first-order chi connectivity index (χ1) is 13.0. The molecule has 0 saturated carbocycles. The number of halogens is 3. The molecule has 0 aliphatic carbocycles. The highest BCUT2D eigenvalue weighted by molar-refractivity contribution is 9.10. The van der Waals surface area contributed by atoms with Gasteiger partial charge in [-0.15, -0.1) is 0 Å². The number of ether oxygens (including phenoxy) is 2. The number of nitrogens with one attached hydrogen (secondary N) is 1. The maximum atomic E-state index is 6.62. The fraction of sp³-hybridized carbons (Fsp3) is 0.400. The van der Waals surface area contributed by atoms with E-state index in [1.165, 1.54) is 0 Å². The number of hydrogen-bond acceptors (Lipinski definition) is 4. The summed E-state index contributed by atoms with van der Waals surface area (Å²) in [5.41, 5.74) is 2.11. The zero-order valence-electron chi connectivity index (χ0n) is 15.4. The minimum atomic E-state index is -0.0242. The van der Waals surface area contributed by atoms with E-state index in [1.807, 2.05) is 24.3 Å². The lowest BCUT2D eigenvalue weighted by atomic mass is 9.96. The monoisotopic (exact) mass is 472 g/mol. The Balaban J connectivity index is 2.14. The average Bonchev–Trinajstić information content (AvgIpc) is 2.93. The molecule has 2 aromatic carbocycles. The normalized spacial score (nSPS) is 16.6. The molecular formula is C20H23BrCl2N2O2. The summed E-state index contributed by atoms with van der Waals surface area (Å²) in [6, 6.07) is 9.65. The first kappa shape index (κ1) is 20.7. The Morgan fingerprint density at radius 3 is 2.44 bits per heavy atom. The van der Waals surface area contributed by atoms with Crippen LogP contribution in [-0.4, -0.2) is 45.3 Å². The molecule has 0 radical (unpaired) electrons. The van der Waals surface area contributed by atoms with E-state index in [2.05, 4.69) is 26.1 Å². The van der Waals surface area contributed by atoms with Crippen molar-refractivity contribution in [3.63, 3.8) is 0 Å². The fourth-order valence-corrected chi connectivity index (χ4v) is 4.54. The van der Waals surface area contributed by atoms with Crippen LogP contribution >= 0.6 is 39.1 Å². The lowest BCUT2D eigenvalue weighted by Crippen LogP contribution is -2.33. The van der Waals surface area contributed by atoms with Crippen LogP contribution in [0.25, 0.3) is 0 Å². The van der Waals surface area contributed by atoms with E-state index in [9.17, 15) is 0 Å². The summed E-state index contributed by atoms with van der Waals surface area (Å²) >= 11 is 16.5. The second kappa shape index (κ2) is 9.48. The molecule has 7 heteroatoms. The van der Waals surface area contributed by atoms with Gasteiger partial charge >= 0.3 is 0 Å². The van der Waals surface area contributed by atoms with E-state index >= 15 is 0 Å². The smallest absolute Gasteiger partial charge is 0.161 e. The van der Waals surface area contributed by atoms with Gasteiger partial charge in [0.1, 0.15) is 0 Å². The Labute approximate surface area is 178 Å². The number of methoxy groups -OCH3 is 2. The molecule has 1 heterocycles. The first-order valence-electron chi connectivity index (χ1n) is 8.86. The Morgan fingerprint density at radius 2 is 1.74 bits per heavy atom. The average molecular weight is 474 g/mol. The van der Waals surface area contributed by atoms with Crippen LogP contribution in [0.1, 0.15) is 23.6 Å². The molecule has 0 aromatic heterocycles. The third-order valence-electron chi connectivity index (χ3n) is 4.79. The molecule has 0 bridgehead atoms. The van der Waals surface area contributed by atoms with Gasteiger partial charge in [0.25, 0.3) is 0 Å². The number of benzene rings is 2. The molecule has 2 aromatic rings. The van der Waals surface area contributed by atoms with E-state index in [0.29, 0.717) is 21.5 Å². The van der Waals surface area contributed by atoms with Gasteiger partial charge in [-0.2, -0.15) is 0 Å². The SMILES string of the molecule is COc1cc(Br)c(C(c2ccc(Cl)cc2Cl)N2CCCNCC2)cc1OC. The molecule has 1 N–H and O–H groups in total. The zero-order valence-corrected chi connectivity index (χ0v) is 18.5. The van der Waals surface area contributed by atoms with Gasteiger partial charge in [-0.3, -0.25) is 4.90 Å². The highest BCUT2D eigenvalue weighted by atomic mass is 79.9. The third-order valence-corrected chi connectivity index (χ3v) is 6.04. The molecule has 1 aliphatic rings. The number of rotatable bonds is 5. The van der Waals surface area contributed by atoms with Crippen LogP contribution in [0.15, 0.2) is 34.8 Å². The van der Waals surface area contributed by atoms with Gasteiger partial charge in [-0.05, 0) is 48.4 Å². The summed E-state index contributed by atoms with van der Waals surface area (Å²) in [6.07, 6.45) is 1.08. The van der Waals surface area contributed by atoms with Gasteiger partial charge in [-0.1, -0.05) is 45.2 Å². The predicted octanol–water partition coefficient (Wildman–Crippen LogP) is 5.16. The van der Waals surface area contributed by atoms with E-state index in [4.69, 9.17) is 32.7 Å². The van der Waals surface area contributed by atoms with Gasteiger partial charge in [0.05, 0.1) is 20.3 Å². The van der Waals surface area contributed by atoms with Gasteiger partial charge in [-0.25, -0.2) is 0 Å². The Morgan fingerprint density at radius 1 is 1.00 bits per heavy atom. The number of nitrogens with zero attached hydrogens (tertiary/aromatic N) is 1. The predicted molar refractivity (Wildman–Crippen MR) is 115 cm³/mol. The molecule has 27 heavy (non-hydrogen) atoms. The molecule has 3 rings (SSSR count). The molecule has 0 amide bonds. The minimum Gasteiger partial charge on any atom is -0.493 e. The summed E-state index contributed by atoms with van der Waals surface area (Å²) in [5, 5.41) is 4.75. The summed E-state index contributed by atoms with van der Waals surface area (Å²) in [4.78, 5) is 2.45. The summed E-state index contributed by atoms with van der Waals surface area (Å²) in [5.74, 6) is 1.38. The lowest BCUT2D eigenvalue weighted by molar-refractivity contribution is 0.240. The van der Waals surface area contributed by atoms with Crippen molar-refractivity contribution in [2.75, 3.05) is 40.4 Å². The van der Waals surface area contributed by atoms with Crippen LogP contribution in [0.3, 0.4) is 0 Å². The van der Waals surface area contributed by atoms with Crippen molar-refractivity contribution in [1.29, 1.82) is 0 Å². The lowest BCUT2D eigenvalue weighted by Gasteiger charge is -2.33. The molecule has 0 spiro atoms. The zero-order chi connectivity index (χ0) is 19.4. The fourth-order valence-electron chi connectivity index (χ4n) is 3.49. The van der Waals surface area contributed by atoms with E-state index < -0.39 is 0 Å². The second-order valence-corrected chi connectivity index (χ2v) is 8.13. The maximum Gasteiger partial charge on any atom is 0.161 e. The van der Waals surface area contributed by atoms with Crippen molar-refractivity contribution in [2.45, 2.75) is 12.5 Å². The molecule has 1 fully saturated rings. The standard InChI is InChI=1S/C20H23BrCl2N2O2/c1-26-18-11-15(16(21)12-19(18)27-2)20(25-8-3-6-24-7-9-25)14-5-4-13(22)10-17(14)23/h4-5,10-12,20,24H,3,6-9H2,1-2H3. The topological polar surface area (TPSA) is 33.7 Å². The maximum absolute atomic E-state index is 6.62. The van der Waals surface area contributed by atoms with Gasteiger partial charge in [0, 0.05) is 34.2 Å². The molecule has 146 valence electrons. The molecular weight excluding hydrogens is 451 g/mol. The highest BCUT2D eigenvalue weighted by Gasteiger charge is 2.28. The Bertz CT molecular complexity index is 796. The Hall–Kier alpha value is -0.980.